The molecular weight excluding hydrogens is 466 g/mol. The predicted octanol–water partition coefficient (Wildman–Crippen LogP) is 3.49. The maximum Gasteiger partial charge on any atom is 0.338 e. The molecule has 0 amide bonds. The van der Waals surface area contributed by atoms with E-state index in [4.69, 9.17) is 14.2 Å². The fourth-order valence-corrected chi connectivity index (χ4v) is 4.04. The van der Waals surface area contributed by atoms with Gasteiger partial charge in [0.05, 0.1) is 24.3 Å². The first-order chi connectivity index (χ1) is 15.0. The first-order valence-electron chi connectivity index (χ1n) is 9.41. The number of tetrazole rings is 1. The molecule has 1 atom stereocenters. The fraction of sp³-hybridized carbons (Fsp3) is 0.238. The van der Waals surface area contributed by atoms with Crippen LogP contribution in [0.2, 0.25) is 0 Å². The van der Waals surface area contributed by atoms with Gasteiger partial charge in [0, 0.05) is 5.70 Å². The van der Waals surface area contributed by atoms with Crippen LogP contribution in [0.4, 0.5) is 5.95 Å². The minimum absolute atomic E-state index is 0.381. The summed E-state index contributed by atoms with van der Waals surface area (Å²) >= 11 is 3.59. The van der Waals surface area contributed by atoms with Crippen LogP contribution >= 0.6 is 15.9 Å². The Balaban J connectivity index is 1.75. The first kappa shape index (κ1) is 20.9. The van der Waals surface area contributed by atoms with Gasteiger partial charge in [-0.05, 0) is 56.5 Å². The van der Waals surface area contributed by atoms with E-state index in [0.717, 1.165) is 11.1 Å². The zero-order chi connectivity index (χ0) is 22.0. The first-order valence-corrected chi connectivity index (χ1v) is 10.2. The van der Waals surface area contributed by atoms with Crippen molar-refractivity contribution in [1.29, 1.82) is 0 Å². The fourth-order valence-electron chi connectivity index (χ4n) is 3.46. The summed E-state index contributed by atoms with van der Waals surface area (Å²) in [7, 11) is 2.90. The molecule has 0 aliphatic carbocycles. The monoisotopic (exact) mass is 485 g/mol. The number of benzene rings is 2. The highest BCUT2D eigenvalue weighted by molar-refractivity contribution is 9.10. The summed E-state index contributed by atoms with van der Waals surface area (Å²) in [6.45, 7) is 2.16. The average Bonchev–Trinajstić information content (AvgIpc) is 3.25. The number of allylic oxidation sites excluding steroid dienone is 1. The quantitative estimate of drug-likeness (QED) is 0.529. The van der Waals surface area contributed by atoms with E-state index in [1.54, 1.807) is 14.0 Å². The molecule has 31 heavy (non-hydrogen) atoms. The molecule has 0 radical (unpaired) electrons. The minimum atomic E-state index is -0.605. The summed E-state index contributed by atoms with van der Waals surface area (Å²) in [5.74, 6) is 1.02. The molecule has 0 spiro atoms. The molecule has 1 aliphatic rings. The number of halogens is 1. The van der Waals surface area contributed by atoms with Gasteiger partial charge in [0.15, 0.2) is 11.5 Å². The van der Waals surface area contributed by atoms with Gasteiger partial charge in [-0.2, -0.15) is 4.68 Å². The van der Waals surface area contributed by atoms with Crippen LogP contribution < -0.4 is 14.8 Å². The third-order valence-corrected chi connectivity index (χ3v) is 5.50. The number of nitrogens with zero attached hydrogens (tertiary/aromatic N) is 4. The third-order valence-electron chi connectivity index (χ3n) is 4.91. The molecule has 1 aromatic heterocycles. The predicted molar refractivity (Wildman–Crippen MR) is 116 cm³/mol. The summed E-state index contributed by atoms with van der Waals surface area (Å²) in [5.41, 5.74) is 2.77. The number of methoxy groups -OCH3 is 2. The lowest BCUT2D eigenvalue weighted by Gasteiger charge is -2.27. The number of nitrogens with one attached hydrogen (secondary N) is 1. The highest BCUT2D eigenvalue weighted by Gasteiger charge is 2.35. The molecule has 3 aromatic rings. The van der Waals surface area contributed by atoms with E-state index < -0.39 is 12.0 Å². The standard InChI is InChI=1S/C21H20BrN5O4/c1-12-17(20(28)30-3)18(27-21(23-12)24-25-26-27)14-9-15(22)19(16(10-14)29-2)31-11-13-7-5-4-6-8-13/h4-10,18H,11H2,1-3H3,(H,23,24,26)/t18-/m1/s1. The van der Waals surface area contributed by atoms with Gasteiger partial charge in [-0.15, -0.1) is 0 Å². The lowest BCUT2D eigenvalue weighted by molar-refractivity contribution is -0.136. The van der Waals surface area contributed by atoms with Crippen LogP contribution in [0.1, 0.15) is 24.1 Å². The summed E-state index contributed by atoms with van der Waals surface area (Å²) in [6, 6.07) is 12.9. The lowest BCUT2D eigenvalue weighted by Crippen LogP contribution is -2.29. The van der Waals surface area contributed by atoms with E-state index in [2.05, 4.69) is 36.8 Å². The number of aromatic nitrogens is 4. The molecule has 4 rings (SSSR count). The van der Waals surface area contributed by atoms with Crippen LogP contribution in [0.25, 0.3) is 0 Å². The Morgan fingerprint density at radius 2 is 2.00 bits per heavy atom. The van der Waals surface area contributed by atoms with Gasteiger partial charge in [0.2, 0.25) is 5.95 Å². The topological polar surface area (TPSA) is 100 Å². The Morgan fingerprint density at radius 3 is 2.71 bits per heavy atom. The Bertz CT molecular complexity index is 1150. The van der Waals surface area contributed by atoms with Gasteiger partial charge in [0.1, 0.15) is 12.6 Å². The molecule has 0 unspecified atom stereocenters. The third kappa shape index (κ3) is 3.98. The number of hydrogen-bond acceptors (Lipinski definition) is 8. The van der Waals surface area contributed by atoms with Crippen LogP contribution in [-0.2, 0) is 16.1 Å². The van der Waals surface area contributed by atoms with Crippen LogP contribution in [0.5, 0.6) is 11.5 Å². The van der Waals surface area contributed by atoms with Crippen molar-refractivity contribution < 1.29 is 19.0 Å². The normalized spacial score (nSPS) is 15.2. The van der Waals surface area contributed by atoms with E-state index in [1.165, 1.54) is 11.8 Å². The van der Waals surface area contributed by atoms with Crippen molar-refractivity contribution in [2.24, 2.45) is 0 Å². The minimum Gasteiger partial charge on any atom is -0.493 e. The number of esters is 1. The average molecular weight is 486 g/mol. The molecular formula is C21H20BrN5O4. The molecule has 2 aromatic carbocycles. The van der Waals surface area contributed by atoms with Gasteiger partial charge >= 0.3 is 5.97 Å². The van der Waals surface area contributed by atoms with E-state index in [0.29, 0.717) is 39.8 Å². The van der Waals surface area contributed by atoms with Crippen LogP contribution in [0.15, 0.2) is 58.2 Å². The maximum atomic E-state index is 12.6. The highest BCUT2D eigenvalue weighted by Crippen LogP contribution is 2.42. The van der Waals surface area contributed by atoms with Gasteiger partial charge in [0.25, 0.3) is 0 Å². The van der Waals surface area contributed by atoms with E-state index in [9.17, 15) is 4.79 Å². The Morgan fingerprint density at radius 1 is 1.23 bits per heavy atom. The Hall–Kier alpha value is -3.40. The molecule has 1 aliphatic heterocycles. The zero-order valence-electron chi connectivity index (χ0n) is 17.1. The Labute approximate surface area is 187 Å². The van der Waals surface area contributed by atoms with Crippen LogP contribution in [-0.4, -0.2) is 40.4 Å². The second-order valence-corrected chi connectivity index (χ2v) is 7.67. The second-order valence-electron chi connectivity index (χ2n) is 6.81. The van der Waals surface area contributed by atoms with Crippen molar-refractivity contribution in [2.45, 2.75) is 19.6 Å². The highest BCUT2D eigenvalue weighted by atomic mass is 79.9. The summed E-state index contributed by atoms with van der Waals surface area (Å²) in [5, 5.41) is 14.8. The summed E-state index contributed by atoms with van der Waals surface area (Å²) in [4.78, 5) is 12.6. The van der Waals surface area contributed by atoms with E-state index in [1.807, 2.05) is 42.5 Å². The van der Waals surface area contributed by atoms with Crippen molar-refractivity contribution in [2.75, 3.05) is 19.5 Å². The summed E-state index contributed by atoms with van der Waals surface area (Å²) in [6.07, 6.45) is 0. The van der Waals surface area contributed by atoms with Crippen molar-refractivity contribution in [3.8, 4) is 11.5 Å². The van der Waals surface area contributed by atoms with Gasteiger partial charge in [-0.1, -0.05) is 35.4 Å². The van der Waals surface area contributed by atoms with Crippen LogP contribution in [0.3, 0.4) is 0 Å². The zero-order valence-corrected chi connectivity index (χ0v) is 18.7. The molecule has 2 heterocycles. The molecule has 0 bridgehead atoms. The number of hydrogen-bond donors (Lipinski definition) is 1. The molecule has 9 nitrogen and oxygen atoms in total. The van der Waals surface area contributed by atoms with E-state index >= 15 is 0 Å². The number of carbonyl (C=O) groups excluding carboxylic acids is 1. The number of rotatable bonds is 6. The molecule has 160 valence electrons. The SMILES string of the molecule is COC(=O)C1=C(C)Nc2nnnn2[C@@H]1c1cc(Br)c(OCc2ccccc2)c(OC)c1. The van der Waals surface area contributed by atoms with Gasteiger partial charge in [-0.25, -0.2) is 4.79 Å². The molecule has 0 saturated carbocycles. The van der Waals surface area contributed by atoms with Crippen molar-refractivity contribution in [3.63, 3.8) is 0 Å². The lowest BCUT2D eigenvalue weighted by atomic mass is 9.95. The summed E-state index contributed by atoms with van der Waals surface area (Å²) < 4.78 is 18.8. The smallest absolute Gasteiger partial charge is 0.338 e. The number of anilines is 1. The Kier molecular flexibility index (Phi) is 5.90. The van der Waals surface area contributed by atoms with Crippen molar-refractivity contribution in [1.82, 2.24) is 20.2 Å². The second kappa shape index (κ2) is 8.76. The molecule has 1 N–H and O–H groups in total. The molecule has 0 fully saturated rings. The molecule has 0 saturated heterocycles. The number of carbonyl (C=O) groups is 1. The largest absolute Gasteiger partial charge is 0.493 e. The maximum absolute atomic E-state index is 12.6. The van der Waals surface area contributed by atoms with Crippen molar-refractivity contribution >= 4 is 27.8 Å². The van der Waals surface area contributed by atoms with Crippen LogP contribution in [0, 0.1) is 0 Å². The number of ether oxygens (including phenoxy) is 3. The van der Waals surface area contributed by atoms with Gasteiger partial charge in [-0.3, -0.25) is 0 Å². The molecule has 10 heteroatoms. The van der Waals surface area contributed by atoms with Crippen molar-refractivity contribution in [3.05, 3.63) is 69.3 Å². The number of fused-ring (bicyclic) bond motifs is 1. The van der Waals surface area contributed by atoms with Gasteiger partial charge < -0.3 is 19.5 Å². The van der Waals surface area contributed by atoms with E-state index in [-0.39, 0.29) is 0 Å².